The summed E-state index contributed by atoms with van der Waals surface area (Å²) in [6.45, 7) is 1.12. The number of nitrogens with two attached hydrogens (primary N) is 1. The Balaban J connectivity index is 2.40. The van der Waals surface area contributed by atoms with Gasteiger partial charge in [-0.1, -0.05) is 41.0 Å². The first kappa shape index (κ1) is 14.8. The molecule has 0 bridgehead atoms. The Morgan fingerprint density at radius 2 is 2.21 bits per heavy atom. The molecule has 19 heavy (non-hydrogen) atoms. The Morgan fingerprint density at radius 3 is 2.89 bits per heavy atom. The van der Waals surface area contributed by atoms with Gasteiger partial charge in [0, 0.05) is 22.3 Å². The molecule has 1 atom stereocenters. The van der Waals surface area contributed by atoms with Crippen LogP contribution in [0.3, 0.4) is 0 Å². The number of hydrogen-bond acceptors (Lipinski definition) is 3. The van der Waals surface area contributed by atoms with Crippen molar-refractivity contribution in [2.24, 2.45) is 5.73 Å². The van der Waals surface area contributed by atoms with E-state index >= 15 is 0 Å². The molecule has 1 unspecified atom stereocenters. The molecule has 1 aliphatic rings. The van der Waals surface area contributed by atoms with Crippen LogP contribution in [-0.4, -0.2) is 29.3 Å². The Hall–Kier alpha value is -0.650. The molecule has 0 aliphatic carbocycles. The lowest BCUT2D eigenvalue weighted by Gasteiger charge is -2.32. The highest BCUT2D eigenvalue weighted by molar-refractivity contribution is 9.10. The van der Waals surface area contributed by atoms with Crippen LogP contribution in [0, 0.1) is 0 Å². The van der Waals surface area contributed by atoms with Gasteiger partial charge in [0.05, 0.1) is 12.6 Å². The Labute approximate surface area is 127 Å². The highest BCUT2D eigenvalue weighted by atomic mass is 79.9. The maximum Gasteiger partial charge on any atom is 0.106 e. The molecule has 0 saturated carbocycles. The van der Waals surface area contributed by atoms with Crippen LogP contribution in [-0.2, 0) is 0 Å². The summed E-state index contributed by atoms with van der Waals surface area (Å²) >= 11 is 8.61. The van der Waals surface area contributed by atoms with Crippen molar-refractivity contribution in [1.82, 2.24) is 0 Å². The van der Waals surface area contributed by atoms with Gasteiger partial charge in [0.15, 0.2) is 0 Å². The van der Waals surface area contributed by atoms with Crippen LogP contribution < -0.4 is 10.6 Å². The van der Waals surface area contributed by atoms with Gasteiger partial charge in [-0.05, 0) is 31.0 Å². The molecule has 0 radical (unpaired) electrons. The first-order valence-corrected chi connectivity index (χ1v) is 7.80. The molecule has 1 aromatic carbocycles. The van der Waals surface area contributed by atoms with Crippen LogP contribution in [0.15, 0.2) is 22.7 Å². The number of hydrogen-bond donors (Lipinski definition) is 2. The van der Waals surface area contributed by atoms with E-state index in [1.54, 1.807) is 0 Å². The smallest absolute Gasteiger partial charge is 0.106 e. The third kappa shape index (κ3) is 3.46. The average molecular weight is 343 g/mol. The predicted octanol–water partition coefficient (Wildman–Crippen LogP) is 2.82. The summed E-state index contributed by atoms with van der Waals surface area (Å²) in [4.78, 5) is 2.66. The highest BCUT2D eigenvalue weighted by Gasteiger charge is 2.23. The van der Waals surface area contributed by atoms with Crippen LogP contribution in [0.4, 0.5) is 5.69 Å². The molecule has 3 nitrogen and oxygen atoms in total. The molecule has 1 fully saturated rings. The number of aliphatic hydroxyl groups is 1. The van der Waals surface area contributed by atoms with Crippen LogP contribution in [0.1, 0.15) is 31.2 Å². The SMILES string of the molecule is NC(=S)c1cc(Br)ccc1N1CCCCCC1CO. The molecule has 5 heteroatoms. The highest BCUT2D eigenvalue weighted by Crippen LogP contribution is 2.29. The standard InChI is InChI=1S/C14H19BrN2OS/c15-10-5-6-13(12(8-10)14(16)19)17-7-3-1-2-4-11(17)9-18/h5-6,8,11,18H,1-4,7,9H2,(H2,16,19). The number of anilines is 1. The lowest BCUT2D eigenvalue weighted by Crippen LogP contribution is -2.38. The zero-order valence-corrected chi connectivity index (χ0v) is 13.2. The second-order valence-corrected chi connectivity index (χ2v) is 6.26. The van der Waals surface area contributed by atoms with E-state index in [4.69, 9.17) is 18.0 Å². The summed E-state index contributed by atoms with van der Waals surface area (Å²) in [5.74, 6) is 0. The molecule has 0 aromatic heterocycles. The van der Waals surface area contributed by atoms with Crippen molar-refractivity contribution in [2.75, 3.05) is 18.1 Å². The summed E-state index contributed by atoms with van der Waals surface area (Å²) in [5.41, 5.74) is 7.76. The van der Waals surface area contributed by atoms with Gasteiger partial charge in [0.25, 0.3) is 0 Å². The fourth-order valence-electron chi connectivity index (χ4n) is 2.64. The van der Waals surface area contributed by atoms with Crippen molar-refractivity contribution in [3.05, 3.63) is 28.2 Å². The minimum atomic E-state index is 0.164. The number of rotatable bonds is 3. The van der Waals surface area contributed by atoms with Crippen LogP contribution in [0.25, 0.3) is 0 Å². The fraction of sp³-hybridized carbons (Fsp3) is 0.500. The van der Waals surface area contributed by atoms with Gasteiger partial charge in [0.1, 0.15) is 4.99 Å². The topological polar surface area (TPSA) is 49.5 Å². The molecule has 0 amide bonds. The number of benzene rings is 1. The van der Waals surface area contributed by atoms with Gasteiger partial charge in [-0.2, -0.15) is 0 Å². The molecule has 1 heterocycles. The zero-order valence-electron chi connectivity index (χ0n) is 10.8. The Bertz CT molecular complexity index is 467. The summed E-state index contributed by atoms with van der Waals surface area (Å²) in [7, 11) is 0. The van der Waals surface area contributed by atoms with Crippen molar-refractivity contribution in [2.45, 2.75) is 31.7 Å². The summed E-state index contributed by atoms with van der Waals surface area (Å²) in [6, 6.07) is 6.15. The van der Waals surface area contributed by atoms with Gasteiger partial charge in [-0.25, -0.2) is 0 Å². The van der Waals surface area contributed by atoms with Gasteiger partial charge in [-0.3, -0.25) is 0 Å². The van der Waals surface area contributed by atoms with Gasteiger partial charge in [-0.15, -0.1) is 0 Å². The molecule has 0 spiro atoms. The largest absolute Gasteiger partial charge is 0.394 e. The molecular weight excluding hydrogens is 324 g/mol. The zero-order chi connectivity index (χ0) is 13.8. The van der Waals surface area contributed by atoms with E-state index in [0.29, 0.717) is 4.99 Å². The summed E-state index contributed by atoms with van der Waals surface area (Å²) < 4.78 is 0.967. The van der Waals surface area contributed by atoms with Crippen LogP contribution >= 0.6 is 28.1 Å². The minimum Gasteiger partial charge on any atom is -0.394 e. The van der Waals surface area contributed by atoms with E-state index in [1.807, 2.05) is 18.2 Å². The van der Waals surface area contributed by atoms with Gasteiger partial charge in [0.2, 0.25) is 0 Å². The van der Waals surface area contributed by atoms with Crippen molar-refractivity contribution >= 4 is 38.8 Å². The number of thiocarbonyl (C=S) groups is 1. The fourth-order valence-corrected chi connectivity index (χ4v) is 3.16. The van der Waals surface area contributed by atoms with E-state index in [-0.39, 0.29) is 12.6 Å². The summed E-state index contributed by atoms with van der Waals surface area (Å²) in [6.07, 6.45) is 4.54. The molecule has 3 N–H and O–H groups in total. The number of halogens is 1. The van der Waals surface area contributed by atoms with E-state index < -0.39 is 0 Å². The first-order valence-electron chi connectivity index (χ1n) is 6.60. The number of nitrogens with zero attached hydrogens (tertiary/aromatic N) is 1. The molecule has 1 aliphatic heterocycles. The van der Waals surface area contributed by atoms with Crippen LogP contribution in [0.2, 0.25) is 0 Å². The van der Waals surface area contributed by atoms with Crippen molar-refractivity contribution in [3.8, 4) is 0 Å². The lowest BCUT2D eigenvalue weighted by atomic mass is 10.1. The lowest BCUT2D eigenvalue weighted by molar-refractivity contribution is 0.255. The molecule has 104 valence electrons. The minimum absolute atomic E-state index is 0.164. The van der Waals surface area contributed by atoms with E-state index in [9.17, 15) is 5.11 Å². The first-order chi connectivity index (χ1) is 9.13. The maximum atomic E-state index is 9.62. The van der Waals surface area contributed by atoms with Gasteiger partial charge < -0.3 is 15.7 Å². The predicted molar refractivity (Wildman–Crippen MR) is 86.7 cm³/mol. The number of aliphatic hydroxyl groups excluding tert-OH is 1. The van der Waals surface area contributed by atoms with Gasteiger partial charge >= 0.3 is 0 Å². The Morgan fingerprint density at radius 1 is 1.42 bits per heavy atom. The average Bonchev–Trinajstić information content (AvgIpc) is 2.63. The Kier molecular flexibility index (Phi) is 5.19. The summed E-state index contributed by atoms with van der Waals surface area (Å²) in [5, 5.41) is 9.62. The maximum absolute atomic E-state index is 9.62. The van der Waals surface area contributed by atoms with Crippen molar-refractivity contribution in [3.63, 3.8) is 0 Å². The van der Waals surface area contributed by atoms with E-state index in [0.717, 1.165) is 35.1 Å². The van der Waals surface area contributed by atoms with E-state index in [2.05, 4.69) is 20.8 Å². The van der Waals surface area contributed by atoms with E-state index in [1.165, 1.54) is 12.8 Å². The van der Waals surface area contributed by atoms with Crippen molar-refractivity contribution in [1.29, 1.82) is 0 Å². The second kappa shape index (κ2) is 6.68. The third-order valence-corrected chi connectivity index (χ3v) is 4.33. The monoisotopic (exact) mass is 342 g/mol. The second-order valence-electron chi connectivity index (χ2n) is 4.90. The molecule has 1 saturated heterocycles. The van der Waals surface area contributed by atoms with Crippen molar-refractivity contribution < 1.29 is 5.11 Å². The normalized spacial score (nSPS) is 20.1. The molecule has 2 rings (SSSR count). The molecular formula is C14H19BrN2OS. The third-order valence-electron chi connectivity index (χ3n) is 3.62. The van der Waals surface area contributed by atoms with Crippen LogP contribution in [0.5, 0.6) is 0 Å². The molecule has 1 aromatic rings. The quantitative estimate of drug-likeness (QED) is 0.829.